The molecular formula is C62H41NO. The summed E-state index contributed by atoms with van der Waals surface area (Å²) in [5.74, 6) is 1.64. The number of benzene rings is 11. The van der Waals surface area contributed by atoms with Crippen LogP contribution in [0.15, 0.2) is 249 Å². The maximum atomic E-state index is 7.22. The minimum Gasteiger partial charge on any atom is -0.456 e. The van der Waals surface area contributed by atoms with Crippen molar-refractivity contribution in [2.24, 2.45) is 0 Å². The lowest BCUT2D eigenvalue weighted by Gasteiger charge is -2.29. The standard InChI is InChI=1S/C62H41NO/c1-3-14-42(15-4-1)44-28-30-45(31-29-44)47-34-38-52(39-35-47)63(51-36-32-46(33-37-51)43-16-5-2-6-17-43)58-25-13-27-60-62(58)57-41-50-20-8-7-19-49(50)40-56(57)61-55(24-12-26-59(61)64-60)54-23-11-21-48-18-9-10-22-53(48)54/h1-41H. The highest BCUT2D eigenvalue weighted by molar-refractivity contribution is 6.09. The Morgan fingerprint density at radius 1 is 0.266 bits per heavy atom. The molecule has 12 rings (SSSR count). The minimum atomic E-state index is 0.809. The first-order chi connectivity index (χ1) is 31.7. The average molecular weight is 816 g/mol. The molecule has 0 aliphatic carbocycles. The van der Waals surface area contributed by atoms with E-state index < -0.39 is 0 Å². The van der Waals surface area contributed by atoms with Crippen LogP contribution in [0.4, 0.5) is 17.1 Å². The molecular weight excluding hydrogens is 775 g/mol. The number of hydrogen-bond acceptors (Lipinski definition) is 2. The summed E-state index contributed by atoms with van der Waals surface area (Å²) in [5.41, 5.74) is 16.9. The lowest BCUT2D eigenvalue weighted by atomic mass is 9.86. The molecule has 64 heavy (non-hydrogen) atoms. The van der Waals surface area contributed by atoms with E-state index in [0.29, 0.717) is 0 Å². The molecule has 1 heterocycles. The number of anilines is 3. The second kappa shape index (κ2) is 15.8. The zero-order chi connectivity index (χ0) is 42.4. The minimum absolute atomic E-state index is 0.809. The van der Waals surface area contributed by atoms with Crippen molar-refractivity contribution < 1.29 is 4.74 Å². The number of rotatable bonds is 7. The molecule has 2 heteroatoms. The van der Waals surface area contributed by atoms with Crippen LogP contribution in [0.2, 0.25) is 0 Å². The molecule has 0 spiro atoms. The third-order valence-corrected chi connectivity index (χ3v) is 12.7. The van der Waals surface area contributed by atoms with E-state index in [2.05, 4.69) is 254 Å². The van der Waals surface area contributed by atoms with Gasteiger partial charge in [0.1, 0.15) is 11.5 Å². The average Bonchev–Trinajstić information content (AvgIpc) is 3.51. The van der Waals surface area contributed by atoms with Crippen LogP contribution in [-0.4, -0.2) is 0 Å². The van der Waals surface area contributed by atoms with Gasteiger partial charge in [-0.25, -0.2) is 0 Å². The number of fused-ring (bicyclic) bond motifs is 7. The fraction of sp³-hybridized carbons (Fsp3) is 0. The Balaban J connectivity index is 1.05. The Hall–Kier alpha value is -8.46. The van der Waals surface area contributed by atoms with Gasteiger partial charge in [0.05, 0.1) is 5.69 Å². The van der Waals surface area contributed by atoms with Gasteiger partial charge in [-0.15, -0.1) is 0 Å². The Morgan fingerprint density at radius 3 is 1.25 bits per heavy atom. The fourth-order valence-corrected chi connectivity index (χ4v) is 9.56. The molecule has 0 unspecified atom stereocenters. The van der Waals surface area contributed by atoms with E-state index in [9.17, 15) is 0 Å². The Bertz CT molecular complexity index is 3480. The maximum Gasteiger partial charge on any atom is 0.137 e. The smallest absolute Gasteiger partial charge is 0.137 e. The van der Waals surface area contributed by atoms with Gasteiger partial charge in [-0.3, -0.25) is 0 Å². The van der Waals surface area contributed by atoms with E-state index in [1.165, 1.54) is 54.9 Å². The third kappa shape index (κ3) is 6.61. The van der Waals surface area contributed by atoms with Crippen molar-refractivity contribution in [2.75, 3.05) is 4.90 Å². The van der Waals surface area contributed by atoms with Gasteiger partial charge in [-0.05, 0) is 132 Å². The summed E-state index contributed by atoms with van der Waals surface area (Å²) in [4.78, 5) is 2.39. The van der Waals surface area contributed by atoms with Crippen molar-refractivity contribution >= 4 is 38.6 Å². The third-order valence-electron chi connectivity index (χ3n) is 12.7. The normalized spacial score (nSPS) is 11.6. The van der Waals surface area contributed by atoms with E-state index in [-0.39, 0.29) is 0 Å². The number of hydrogen-bond donors (Lipinski definition) is 0. The van der Waals surface area contributed by atoms with Gasteiger partial charge in [0.2, 0.25) is 0 Å². The van der Waals surface area contributed by atoms with Crippen LogP contribution in [0.5, 0.6) is 11.5 Å². The van der Waals surface area contributed by atoms with Gasteiger partial charge in [-0.2, -0.15) is 0 Å². The molecule has 2 nitrogen and oxygen atoms in total. The van der Waals surface area contributed by atoms with Crippen LogP contribution >= 0.6 is 0 Å². The molecule has 1 aliphatic rings. The first-order valence-corrected chi connectivity index (χ1v) is 21.9. The number of ether oxygens (including phenoxy) is 1. The van der Waals surface area contributed by atoms with Gasteiger partial charge < -0.3 is 9.64 Å². The van der Waals surface area contributed by atoms with Crippen LogP contribution < -0.4 is 9.64 Å². The predicted octanol–water partition coefficient (Wildman–Crippen LogP) is 17.6. The summed E-state index contributed by atoms with van der Waals surface area (Å²) >= 11 is 0. The van der Waals surface area contributed by atoms with Gasteiger partial charge in [-0.1, -0.05) is 194 Å². The van der Waals surface area contributed by atoms with Gasteiger partial charge in [0, 0.05) is 22.5 Å². The van der Waals surface area contributed by atoms with E-state index in [0.717, 1.165) is 61.9 Å². The van der Waals surface area contributed by atoms with Crippen molar-refractivity contribution in [3.63, 3.8) is 0 Å². The molecule has 0 saturated heterocycles. The monoisotopic (exact) mass is 815 g/mol. The molecule has 1 aliphatic heterocycles. The van der Waals surface area contributed by atoms with Crippen molar-refractivity contribution in [1.29, 1.82) is 0 Å². The van der Waals surface area contributed by atoms with Crippen LogP contribution in [-0.2, 0) is 0 Å². The van der Waals surface area contributed by atoms with Crippen LogP contribution in [0.25, 0.3) is 88.3 Å². The quantitative estimate of drug-likeness (QED) is 0.159. The van der Waals surface area contributed by atoms with Crippen molar-refractivity contribution in [3.8, 4) is 78.3 Å². The second-order valence-corrected chi connectivity index (χ2v) is 16.4. The van der Waals surface area contributed by atoms with E-state index in [1.54, 1.807) is 0 Å². The van der Waals surface area contributed by atoms with Gasteiger partial charge >= 0.3 is 0 Å². The van der Waals surface area contributed by atoms with Gasteiger partial charge in [0.25, 0.3) is 0 Å². The summed E-state index contributed by atoms with van der Waals surface area (Å²) < 4.78 is 7.22. The van der Waals surface area contributed by atoms with Crippen molar-refractivity contribution in [3.05, 3.63) is 249 Å². The first-order valence-electron chi connectivity index (χ1n) is 21.9. The largest absolute Gasteiger partial charge is 0.456 e. The molecule has 0 radical (unpaired) electrons. The Morgan fingerprint density at radius 2 is 0.672 bits per heavy atom. The molecule has 0 N–H and O–H groups in total. The Kier molecular flexibility index (Phi) is 9.20. The SMILES string of the molecule is c1ccc(-c2ccc(-c3ccc(N(c4ccc(-c5ccccc5)cc4)c4cccc5c4-c4cc6ccccc6cc4-c4c(cccc4-c4cccc6ccccc46)O5)cc3)cc2)cc1. The second-order valence-electron chi connectivity index (χ2n) is 16.4. The van der Waals surface area contributed by atoms with Gasteiger partial charge in [0.15, 0.2) is 0 Å². The maximum absolute atomic E-state index is 7.22. The van der Waals surface area contributed by atoms with Crippen LogP contribution in [0.3, 0.4) is 0 Å². The van der Waals surface area contributed by atoms with E-state index >= 15 is 0 Å². The molecule has 300 valence electrons. The van der Waals surface area contributed by atoms with Crippen LogP contribution in [0, 0.1) is 0 Å². The van der Waals surface area contributed by atoms with E-state index in [1.807, 2.05) is 0 Å². The fourth-order valence-electron chi connectivity index (χ4n) is 9.56. The summed E-state index contributed by atoms with van der Waals surface area (Å²) in [6.07, 6.45) is 0. The highest BCUT2D eigenvalue weighted by Crippen LogP contribution is 2.55. The molecule has 11 aromatic rings. The molecule has 0 atom stereocenters. The molecule has 0 fully saturated rings. The van der Waals surface area contributed by atoms with Crippen LogP contribution in [0.1, 0.15) is 0 Å². The first kappa shape index (κ1) is 37.3. The highest BCUT2D eigenvalue weighted by atomic mass is 16.5. The lowest BCUT2D eigenvalue weighted by Crippen LogP contribution is -2.11. The lowest BCUT2D eigenvalue weighted by molar-refractivity contribution is 0.488. The summed E-state index contributed by atoms with van der Waals surface area (Å²) in [6.45, 7) is 0. The molecule has 0 saturated carbocycles. The zero-order valence-electron chi connectivity index (χ0n) is 35.0. The highest BCUT2D eigenvalue weighted by Gasteiger charge is 2.29. The Labute approximate surface area is 373 Å². The van der Waals surface area contributed by atoms with Crippen molar-refractivity contribution in [1.82, 2.24) is 0 Å². The number of nitrogens with zero attached hydrogens (tertiary/aromatic N) is 1. The molecule has 0 bridgehead atoms. The van der Waals surface area contributed by atoms with E-state index in [4.69, 9.17) is 4.74 Å². The topological polar surface area (TPSA) is 12.5 Å². The molecule has 0 amide bonds. The summed E-state index contributed by atoms with van der Waals surface area (Å²) in [5, 5.41) is 4.78. The molecule has 11 aromatic carbocycles. The zero-order valence-corrected chi connectivity index (χ0v) is 35.0. The summed E-state index contributed by atoms with van der Waals surface area (Å²) in [7, 11) is 0. The summed E-state index contributed by atoms with van der Waals surface area (Å²) in [6, 6.07) is 89.5. The van der Waals surface area contributed by atoms with Crippen molar-refractivity contribution in [2.45, 2.75) is 0 Å². The molecule has 0 aromatic heterocycles. The predicted molar refractivity (Wildman–Crippen MR) is 269 cm³/mol.